The van der Waals surface area contributed by atoms with Crippen LogP contribution in [0.15, 0.2) is 24.3 Å². The van der Waals surface area contributed by atoms with Crippen molar-refractivity contribution in [2.24, 2.45) is 5.92 Å². The van der Waals surface area contributed by atoms with E-state index in [0.717, 1.165) is 38.3 Å². The highest BCUT2D eigenvalue weighted by molar-refractivity contribution is 5.96. The monoisotopic (exact) mass is 347 g/mol. The van der Waals surface area contributed by atoms with Crippen LogP contribution < -0.4 is 5.32 Å². The molecule has 0 unspecified atom stereocenters. The number of likely N-dealkylation sites (N-methyl/N-ethyl adjacent to an activating group) is 1. The number of piperazine rings is 1. The first-order chi connectivity index (χ1) is 11.9. The summed E-state index contributed by atoms with van der Waals surface area (Å²) < 4.78 is 0. The SMILES string of the molecule is CC[C@H](C)[C@H](NC(=O)c1ccc(CN2CCN(C)CC2)cc1)C(=O)O. The Morgan fingerprint density at radius 2 is 1.76 bits per heavy atom. The fourth-order valence-electron chi connectivity index (χ4n) is 2.93. The first-order valence-corrected chi connectivity index (χ1v) is 8.94. The van der Waals surface area contributed by atoms with Gasteiger partial charge in [-0.1, -0.05) is 32.4 Å². The second-order valence-electron chi connectivity index (χ2n) is 6.95. The van der Waals surface area contributed by atoms with E-state index in [9.17, 15) is 14.7 Å². The number of carboxylic acids is 1. The summed E-state index contributed by atoms with van der Waals surface area (Å²) in [7, 11) is 2.13. The second kappa shape index (κ2) is 8.97. The summed E-state index contributed by atoms with van der Waals surface area (Å²) in [4.78, 5) is 28.4. The minimum atomic E-state index is -0.991. The summed E-state index contributed by atoms with van der Waals surface area (Å²) >= 11 is 0. The van der Waals surface area contributed by atoms with Crippen LogP contribution >= 0.6 is 0 Å². The van der Waals surface area contributed by atoms with Crippen LogP contribution in [0, 0.1) is 5.92 Å². The van der Waals surface area contributed by atoms with Crippen molar-refractivity contribution >= 4 is 11.9 Å². The van der Waals surface area contributed by atoms with Crippen molar-refractivity contribution in [3.05, 3.63) is 35.4 Å². The van der Waals surface area contributed by atoms with Gasteiger partial charge in [-0.15, -0.1) is 0 Å². The lowest BCUT2D eigenvalue weighted by molar-refractivity contribution is -0.140. The molecule has 2 N–H and O–H groups in total. The normalized spacial score (nSPS) is 18.5. The maximum atomic E-state index is 12.3. The molecule has 25 heavy (non-hydrogen) atoms. The maximum absolute atomic E-state index is 12.3. The predicted octanol–water partition coefficient (Wildman–Crippen LogP) is 1.66. The van der Waals surface area contributed by atoms with Gasteiger partial charge in [0.2, 0.25) is 0 Å². The quantitative estimate of drug-likeness (QED) is 0.785. The molecule has 0 radical (unpaired) electrons. The molecule has 6 heteroatoms. The molecule has 2 rings (SSSR count). The van der Waals surface area contributed by atoms with Crippen LogP contribution in [0.5, 0.6) is 0 Å². The molecule has 0 bridgehead atoms. The molecule has 6 nitrogen and oxygen atoms in total. The van der Waals surface area contributed by atoms with Crippen molar-refractivity contribution in [1.82, 2.24) is 15.1 Å². The van der Waals surface area contributed by atoms with Gasteiger partial charge in [0.1, 0.15) is 6.04 Å². The van der Waals surface area contributed by atoms with Crippen LogP contribution in [0.3, 0.4) is 0 Å². The van der Waals surface area contributed by atoms with E-state index in [1.165, 1.54) is 0 Å². The topological polar surface area (TPSA) is 72.9 Å². The third-order valence-electron chi connectivity index (χ3n) is 4.98. The molecule has 1 fully saturated rings. The van der Waals surface area contributed by atoms with Gasteiger partial charge in [-0.25, -0.2) is 4.79 Å². The zero-order valence-electron chi connectivity index (χ0n) is 15.4. The number of rotatable bonds is 7. The second-order valence-corrected chi connectivity index (χ2v) is 6.95. The highest BCUT2D eigenvalue weighted by Crippen LogP contribution is 2.12. The lowest BCUT2D eigenvalue weighted by atomic mass is 9.99. The summed E-state index contributed by atoms with van der Waals surface area (Å²) in [5.74, 6) is -1.44. The molecule has 1 heterocycles. The molecule has 1 saturated heterocycles. The molecule has 1 amide bonds. The Balaban J connectivity index is 1.94. The molecule has 2 atom stereocenters. The molecule has 0 saturated carbocycles. The predicted molar refractivity (Wildman–Crippen MR) is 97.6 cm³/mol. The summed E-state index contributed by atoms with van der Waals surface area (Å²) in [6, 6.07) is 6.59. The number of amides is 1. The maximum Gasteiger partial charge on any atom is 0.326 e. The average Bonchev–Trinajstić information content (AvgIpc) is 2.61. The van der Waals surface area contributed by atoms with Crippen molar-refractivity contribution in [2.75, 3.05) is 33.2 Å². The van der Waals surface area contributed by atoms with Gasteiger partial charge in [-0.3, -0.25) is 9.69 Å². The van der Waals surface area contributed by atoms with Gasteiger partial charge >= 0.3 is 5.97 Å². The Bertz CT molecular complexity index is 580. The van der Waals surface area contributed by atoms with Crippen molar-refractivity contribution < 1.29 is 14.7 Å². The fraction of sp³-hybridized carbons (Fsp3) is 0.579. The number of benzene rings is 1. The van der Waals surface area contributed by atoms with Gasteiger partial charge in [-0.05, 0) is 30.7 Å². The van der Waals surface area contributed by atoms with Crippen LogP contribution in [0.1, 0.15) is 36.2 Å². The van der Waals surface area contributed by atoms with E-state index in [1.807, 2.05) is 26.0 Å². The minimum Gasteiger partial charge on any atom is -0.480 e. The average molecular weight is 347 g/mol. The third-order valence-corrected chi connectivity index (χ3v) is 4.98. The zero-order chi connectivity index (χ0) is 18.4. The summed E-state index contributed by atoms with van der Waals surface area (Å²) in [6.45, 7) is 8.87. The molecular formula is C19H29N3O3. The van der Waals surface area contributed by atoms with Crippen molar-refractivity contribution in [1.29, 1.82) is 0 Å². The number of hydrogen-bond donors (Lipinski definition) is 2. The van der Waals surface area contributed by atoms with E-state index >= 15 is 0 Å². The number of hydrogen-bond acceptors (Lipinski definition) is 4. The number of carbonyl (C=O) groups is 2. The fourth-order valence-corrected chi connectivity index (χ4v) is 2.93. The number of aliphatic carboxylic acids is 1. The molecular weight excluding hydrogens is 318 g/mol. The van der Waals surface area contributed by atoms with Crippen LogP contribution in [0.2, 0.25) is 0 Å². The van der Waals surface area contributed by atoms with Gasteiger partial charge in [0, 0.05) is 38.3 Å². The molecule has 0 aromatic heterocycles. The number of nitrogens with zero attached hydrogens (tertiary/aromatic N) is 2. The smallest absolute Gasteiger partial charge is 0.326 e. The van der Waals surface area contributed by atoms with Gasteiger partial charge in [0.15, 0.2) is 0 Å². The Labute approximate surface area is 149 Å². The van der Waals surface area contributed by atoms with Crippen LogP contribution in [0.4, 0.5) is 0 Å². The van der Waals surface area contributed by atoms with E-state index in [2.05, 4.69) is 22.2 Å². The van der Waals surface area contributed by atoms with Gasteiger partial charge < -0.3 is 15.3 Å². The molecule has 0 aliphatic carbocycles. The zero-order valence-corrected chi connectivity index (χ0v) is 15.4. The first kappa shape index (κ1) is 19.4. The van der Waals surface area contributed by atoms with E-state index < -0.39 is 12.0 Å². The minimum absolute atomic E-state index is 0.113. The Hall–Kier alpha value is -1.92. The van der Waals surface area contributed by atoms with Gasteiger partial charge in [0.05, 0.1) is 0 Å². The lowest BCUT2D eigenvalue weighted by Gasteiger charge is -2.32. The third kappa shape index (κ3) is 5.54. The van der Waals surface area contributed by atoms with E-state index in [4.69, 9.17) is 0 Å². The summed E-state index contributed by atoms with van der Waals surface area (Å²) in [6.07, 6.45) is 0.696. The molecule has 1 aromatic rings. The van der Waals surface area contributed by atoms with E-state index in [-0.39, 0.29) is 11.8 Å². The van der Waals surface area contributed by atoms with E-state index in [1.54, 1.807) is 12.1 Å². The highest BCUT2D eigenvalue weighted by atomic mass is 16.4. The summed E-state index contributed by atoms with van der Waals surface area (Å²) in [5, 5.41) is 11.9. The highest BCUT2D eigenvalue weighted by Gasteiger charge is 2.25. The Kier molecular flexibility index (Phi) is 6.96. The lowest BCUT2D eigenvalue weighted by Crippen LogP contribution is -2.45. The van der Waals surface area contributed by atoms with Gasteiger partial charge in [0.25, 0.3) is 5.91 Å². The molecule has 1 aromatic carbocycles. The van der Waals surface area contributed by atoms with Crippen LogP contribution in [-0.2, 0) is 11.3 Å². The number of nitrogens with one attached hydrogen (secondary N) is 1. The summed E-state index contributed by atoms with van der Waals surface area (Å²) in [5.41, 5.74) is 1.66. The number of carbonyl (C=O) groups excluding carboxylic acids is 1. The molecule has 0 spiro atoms. The van der Waals surface area contributed by atoms with Gasteiger partial charge in [-0.2, -0.15) is 0 Å². The molecule has 138 valence electrons. The molecule has 1 aliphatic heterocycles. The standard InChI is InChI=1S/C19H29N3O3/c1-4-14(2)17(19(24)25)20-18(23)16-7-5-15(6-8-16)13-22-11-9-21(3)10-12-22/h5-8,14,17H,4,9-13H2,1-3H3,(H,20,23)(H,24,25)/t14-,17-/m0/s1. The van der Waals surface area contributed by atoms with Crippen LogP contribution in [0.25, 0.3) is 0 Å². The Morgan fingerprint density at radius 1 is 1.16 bits per heavy atom. The number of carboxylic acid groups (broad SMARTS) is 1. The van der Waals surface area contributed by atoms with Crippen molar-refractivity contribution in [3.8, 4) is 0 Å². The largest absolute Gasteiger partial charge is 0.480 e. The Morgan fingerprint density at radius 3 is 2.28 bits per heavy atom. The molecule has 1 aliphatic rings. The van der Waals surface area contributed by atoms with E-state index in [0.29, 0.717) is 12.0 Å². The van der Waals surface area contributed by atoms with Crippen LogP contribution in [-0.4, -0.2) is 66.1 Å². The van der Waals surface area contributed by atoms with Crippen molar-refractivity contribution in [3.63, 3.8) is 0 Å². The van der Waals surface area contributed by atoms with Crippen molar-refractivity contribution in [2.45, 2.75) is 32.9 Å². The first-order valence-electron chi connectivity index (χ1n) is 8.94.